The van der Waals surface area contributed by atoms with Gasteiger partial charge in [-0.3, -0.25) is 0 Å². The zero-order valence-corrected chi connectivity index (χ0v) is 10.5. The standard InChI is InChI=1S/C17H15NO/c19-13-15-6-7-16-9-11-18(17(16)12-15)10-8-14-4-2-1-3-5-14/h1-12,19H,13H2. The first-order chi connectivity index (χ1) is 9.36. The molecule has 0 saturated carbocycles. The van der Waals surface area contributed by atoms with Gasteiger partial charge in [-0.2, -0.15) is 0 Å². The van der Waals surface area contributed by atoms with Crippen molar-refractivity contribution >= 4 is 23.2 Å². The van der Waals surface area contributed by atoms with E-state index in [1.54, 1.807) is 0 Å². The zero-order chi connectivity index (χ0) is 13.1. The van der Waals surface area contributed by atoms with Gasteiger partial charge in [0.2, 0.25) is 0 Å². The number of aliphatic hydroxyl groups is 1. The van der Waals surface area contributed by atoms with Crippen LogP contribution in [0, 0.1) is 0 Å². The molecule has 0 spiro atoms. The fourth-order valence-corrected chi connectivity index (χ4v) is 2.15. The van der Waals surface area contributed by atoms with Crippen molar-refractivity contribution in [3.8, 4) is 0 Å². The molecule has 3 aromatic rings. The van der Waals surface area contributed by atoms with Crippen LogP contribution in [0.25, 0.3) is 23.2 Å². The number of fused-ring (bicyclic) bond motifs is 1. The van der Waals surface area contributed by atoms with Crippen molar-refractivity contribution in [1.29, 1.82) is 0 Å². The predicted molar refractivity (Wildman–Crippen MR) is 79.5 cm³/mol. The Morgan fingerprint density at radius 1 is 1.00 bits per heavy atom. The average molecular weight is 249 g/mol. The third-order valence-corrected chi connectivity index (χ3v) is 3.20. The molecule has 19 heavy (non-hydrogen) atoms. The molecule has 0 amide bonds. The van der Waals surface area contributed by atoms with Crippen LogP contribution in [0.2, 0.25) is 0 Å². The summed E-state index contributed by atoms with van der Waals surface area (Å²) in [5.41, 5.74) is 3.21. The Hall–Kier alpha value is -2.32. The molecule has 1 aromatic heterocycles. The first kappa shape index (κ1) is 11.8. The van der Waals surface area contributed by atoms with E-state index < -0.39 is 0 Å². The molecule has 2 heteroatoms. The van der Waals surface area contributed by atoms with Crippen LogP contribution in [0.4, 0.5) is 0 Å². The van der Waals surface area contributed by atoms with Crippen LogP contribution in [-0.2, 0) is 6.61 Å². The summed E-state index contributed by atoms with van der Waals surface area (Å²) in [6.07, 6.45) is 6.15. The van der Waals surface area contributed by atoms with Crippen molar-refractivity contribution in [2.75, 3.05) is 0 Å². The van der Waals surface area contributed by atoms with E-state index in [0.717, 1.165) is 11.1 Å². The molecule has 0 bridgehead atoms. The Bertz CT molecular complexity index is 710. The van der Waals surface area contributed by atoms with Crippen LogP contribution in [0.15, 0.2) is 60.8 Å². The summed E-state index contributed by atoms with van der Waals surface area (Å²) in [6.45, 7) is 0.0729. The van der Waals surface area contributed by atoms with Crippen LogP contribution < -0.4 is 0 Å². The molecule has 3 rings (SSSR count). The van der Waals surface area contributed by atoms with Crippen molar-refractivity contribution in [3.05, 3.63) is 71.9 Å². The number of benzene rings is 2. The molecule has 0 aliphatic heterocycles. The Balaban J connectivity index is 1.99. The van der Waals surface area contributed by atoms with Crippen LogP contribution in [0.1, 0.15) is 11.1 Å². The number of aromatic nitrogens is 1. The summed E-state index contributed by atoms with van der Waals surface area (Å²) in [4.78, 5) is 0. The summed E-state index contributed by atoms with van der Waals surface area (Å²) >= 11 is 0. The largest absolute Gasteiger partial charge is 0.392 e. The molecule has 0 aliphatic carbocycles. The van der Waals surface area contributed by atoms with Gasteiger partial charge < -0.3 is 9.67 Å². The van der Waals surface area contributed by atoms with E-state index in [0.29, 0.717) is 0 Å². The van der Waals surface area contributed by atoms with Gasteiger partial charge in [0.15, 0.2) is 0 Å². The van der Waals surface area contributed by atoms with Gasteiger partial charge in [0.1, 0.15) is 0 Å². The quantitative estimate of drug-likeness (QED) is 0.751. The predicted octanol–water partition coefficient (Wildman–Crippen LogP) is 3.76. The second-order valence-electron chi connectivity index (χ2n) is 4.50. The van der Waals surface area contributed by atoms with Crippen molar-refractivity contribution in [2.24, 2.45) is 0 Å². The highest BCUT2D eigenvalue weighted by Gasteiger charge is 1.99. The molecule has 0 aliphatic rings. The molecule has 94 valence electrons. The minimum Gasteiger partial charge on any atom is -0.392 e. The molecule has 2 nitrogen and oxygen atoms in total. The SMILES string of the molecule is OCc1ccc2ccn(C=Cc3ccccc3)c2c1. The molecule has 2 aromatic carbocycles. The molecule has 1 heterocycles. The van der Waals surface area contributed by atoms with Crippen molar-refractivity contribution < 1.29 is 5.11 Å². The average Bonchev–Trinajstić information content (AvgIpc) is 2.88. The molecule has 0 fully saturated rings. The van der Waals surface area contributed by atoms with E-state index in [4.69, 9.17) is 0 Å². The highest BCUT2D eigenvalue weighted by atomic mass is 16.3. The van der Waals surface area contributed by atoms with Crippen LogP contribution in [-0.4, -0.2) is 9.67 Å². The van der Waals surface area contributed by atoms with Crippen molar-refractivity contribution in [1.82, 2.24) is 4.57 Å². The minimum atomic E-state index is 0.0729. The monoisotopic (exact) mass is 249 g/mol. The van der Waals surface area contributed by atoms with E-state index in [-0.39, 0.29) is 6.61 Å². The minimum absolute atomic E-state index is 0.0729. The lowest BCUT2D eigenvalue weighted by Gasteiger charge is -2.01. The molecule has 0 unspecified atom stereocenters. The fraction of sp³-hybridized carbons (Fsp3) is 0.0588. The van der Waals surface area contributed by atoms with E-state index in [1.165, 1.54) is 10.9 Å². The van der Waals surface area contributed by atoms with Gasteiger partial charge in [0.25, 0.3) is 0 Å². The summed E-state index contributed by atoms with van der Waals surface area (Å²) in [7, 11) is 0. The van der Waals surface area contributed by atoms with Crippen LogP contribution in [0.5, 0.6) is 0 Å². The molecular weight excluding hydrogens is 234 g/mol. The van der Waals surface area contributed by atoms with Gasteiger partial charge >= 0.3 is 0 Å². The van der Waals surface area contributed by atoms with Gasteiger partial charge in [-0.1, -0.05) is 42.5 Å². The van der Waals surface area contributed by atoms with Crippen molar-refractivity contribution in [2.45, 2.75) is 6.61 Å². The highest BCUT2D eigenvalue weighted by Crippen LogP contribution is 2.18. The van der Waals surface area contributed by atoms with Crippen LogP contribution >= 0.6 is 0 Å². The molecule has 1 N–H and O–H groups in total. The number of rotatable bonds is 3. The third kappa shape index (κ3) is 2.44. The molecule has 0 radical (unpaired) electrons. The van der Waals surface area contributed by atoms with Gasteiger partial charge in [-0.05, 0) is 34.7 Å². The second-order valence-corrected chi connectivity index (χ2v) is 4.50. The molecular formula is C17H15NO. The van der Waals surface area contributed by atoms with Crippen LogP contribution in [0.3, 0.4) is 0 Å². The Kier molecular flexibility index (Phi) is 3.17. The Morgan fingerprint density at radius 3 is 2.63 bits per heavy atom. The summed E-state index contributed by atoms with van der Waals surface area (Å²) in [6, 6.07) is 18.3. The zero-order valence-electron chi connectivity index (χ0n) is 10.5. The van der Waals surface area contributed by atoms with Gasteiger partial charge in [0.05, 0.1) is 12.1 Å². The third-order valence-electron chi connectivity index (χ3n) is 3.20. The van der Waals surface area contributed by atoms with Crippen molar-refractivity contribution in [3.63, 3.8) is 0 Å². The molecule has 0 saturated heterocycles. The van der Waals surface area contributed by atoms with Gasteiger partial charge in [0, 0.05) is 12.4 Å². The van der Waals surface area contributed by atoms with E-state index in [9.17, 15) is 5.11 Å². The summed E-state index contributed by atoms with van der Waals surface area (Å²) in [5, 5.41) is 10.4. The van der Waals surface area contributed by atoms with E-state index in [2.05, 4.69) is 28.8 Å². The Labute approximate surface area is 112 Å². The maximum atomic E-state index is 9.21. The lowest BCUT2D eigenvalue weighted by atomic mass is 10.2. The number of aliphatic hydroxyl groups excluding tert-OH is 1. The Morgan fingerprint density at radius 2 is 1.84 bits per heavy atom. The lowest BCUT2D eigenvalue weighted by Crippen LogP contribution is -1.86. The first-order valence-electron chi connectivity index (χ1n) is 6.30. The van der Waals surface area contributed by atoms with Gasteiger partial charge in [-0.15, -0.1) is 0 Å². The maximum Gasteiger partial charge on any atom is 0.0682 e. The number of hydrogen-bond acceptors (Lipinski definition) is 1. The number of hydrogen-bond donors (Lipinski definition) is 1. The summed E-state index contributed by atoms with van der Waals surface area (Å²) < 4.78 is 2.07. The molecule has 0 atom stereocenters. The number of nitrogens with zero attached hydrogens (tertiary/aromatic N) is 1. The highest BCUT2D eigenvalue weighted by molar-refractivity contribution is 5.83. The van der Waals surface area contributed by atoms with Gasteiger partial charge in [-0.25, -0.2) is 0 Å². The smallest absolute Gasteiger partial charge is 0.0682 e. The summed E-state index contributed by atoms with van der Waals surface area (Å²) in [5.74, 6) is 0. The van der Waals surface area contributed by atoms with E-state index in [1.807, 2.05) is 48.8 Å². The second kappa shape index (κ2) is 5.12. The van der Waals surface area contributed by atoms with E-state index >= 15 is 0 Å². The first-order valence-corrected chi connectivity index (χ1v) is 6.30. The topological polar surface area (TPSA) is 25.2 Å². The lowest BCUT2D eigenvalue weighted by molar-refractivity contribution is 0.282. The maximum absolute atomic E-state index is 9.21. The fourth-order valence-electron chi connectivity index (χ4n) is 2.15. The normalized spacial score (nSPS) is 11.4.